The van der Waals surface area contributed by atoms with Gasteiger partial charge in [0.1, 0.15) is 22.7 Å². The molecule has 4 rings (SSSR count). The number of hydrogen-bond donors (Lipinski definition) is 1. The van der Waals surface area contributed by atoms with E-state index in [0.717, 1.165) is 15.4 Å². The summed E-state index contributed by atoms with van der Waals surface area (Å²) in [6.07, 6.45) is 3.09. The maximum atomic E-state index is 14.2. The number of aromatic nitrogens is 2. The molecule has 3 heterocycles. The van der Waals surface area contributed by atoms with Crippen LogP contribution in [-0.2, 0) is 4.74 Å². The first-order chi connectivity index (χ1) is 14.4. The van der Waals surface area contributed by atoms with E-state index in [1.807, 2.05) is 13.0 Å². The number of carbonyl (C=O) groups is 1. The minimum Gasteiger partial charge on any atom is -0.486 e. The maximum absolute atomic E-state index is 14.2. The molecule has 9 heteroatoms. The zero-order valence-corrected chi connectivity index (χ0v) is 17.9. The lowest BCUT2D eigenvalue weighted by atomic mass is 10.1. The topological polar surface area (TPSA) is 73.3 Å². The molecule has 1 saturated heterocycles. The van der Waals surface area contributed by atoms with E-state index in [1.165, 1.54) is 23.6 Å². The smallest absolute Gasteiger partial charge is 0.251 e. The van der Waals surface area contributed by atoms with Crippen LogP contribution < -0.4 is 10.1 Å². The molecular weight excluding hydrogens is 429 g/mol. The summed E-state index contributed by atoms with van der Waals surface area (Å²) >= 11 is 7.29. The highest BCUT2D eigenvalue weighted by Crippen LogP contribution is 2.30. The lowest BCUT2D eigenvalue weighted by molar-refractivity contribution is -0.0796. The highest BCUT2D eigenvalue weighted by Gasteiger charge is 2.22. The third-order valence-electron chi connectivity index (χ3n) is 4.54. The number of rotatable bonds is 6. The van der Waals surface area contributed by atoms with E-state index in [2.05, 4.69) is 15.3 Å². The van der Waals surface area contributed by atoms with Crippen LogP contribution in [0.3, 0.4) is 0 Å². The van der Waals surface area contributed by atoms with Gasteiger partial charge < -0.3 is 14.8 Å². The Morgan fingerprint density at radius 3 is 2.73 bits per heavy atom. The molecule has 1 atom stereocenters. The fraction of sp³-hybridized carbons (Fsp3) is 0.286. The van der Waals surface area contributed by atoms with Gasteiger partial charge in [0.05, 0.1) is 30.0 Å². The second kappa shape index (κ2) is 8.67. The van der Waals surface area contributed by atoms with E-state index in [9.17, 15) is 9.18 Å². The Bertz CT molecular complexity index is 1090. The monoisotopic (exact) mass is 447 g/mol. The number of amides is 1. The van der Waals surface area contributed by atoms with Crippen LogP contribution in [-0.4, -0.2) is 35.2 Å². The molecule has 0 spiro atoms. The third-order valence-corrected chi connectivity index (χ3v) is 5.71. The van der Waals surface area contributed by atoms with Crippen LogP contribution in [0.15, 0.2) is 36.7 Å². The number of aryl methyl sites for hydroxylation is 1. The Kier molecular flexibility index (Phi) is 5.99. The number of pyridine rings is 1. The first-order valence-corrected chi connectivity index (χ1v) is 10.5. The van der Waals surface area contributed by atoms with Gasteiger partial charge in [-0.15, -0.1) is 11.3 Å². The second-order valence-electron chi connectivity index (χ2n) is 7.02. The van der Waals surface area contributed by atoms with Crippen molar-refractivity contribution in [1.29, 1.82) is 0 Å². The van der Waals surface area contributed by atoms with Gasteiger partial charge in [-0.05, 0) is 38.1 Å². The third kappa shape index (κ3) is 4.61. The van der Waals surface area contributed by atoms with Gasteiger partial charge in [-0.2, -0.15) is 0 Å². The van der Waals surface area contributed by atoms with Gasteiger partial charge >= 0.3 is 0 Å². The van der Waals surface area contributed by atoms with Crippen molar-refractivity contribution in [2.45, 2.75) is 26.0 Å². The number of hydrogen-bond acceptors (Lipinski definition) is 6. The minimum absolute atomic E-state index is 0.0412. The average molecular weight is 448 g/mol. The Hall–Kier alpha value is -2.55. The summed E-state index contributed by atoms with van der Waals surface area (Å²) in [6, 6.07) is 5.79. The predicted octanol–water partition coefficient (Wildman–Crippen LogP) is 4.57. The summed E-state index contributed by atoms with van der Waals surface area (Å²) < 4.78 is 25.2. The van der Waals surface area contributed by atoms with Crippen molar-refractivity contribution in [1.82, 2.24) is 15.3 Å². The number of nitrogens with zero attached hydrogens (tertiary/aromatic N) is 2. The molecule has 1 aliphatic heterocycles. The molecule has 1 aliphatic rings. The van der Waals surface area contributed by atoms with E-state index < -0.39 is 11.9 Å². The average Bonchev–Trinajstić information content (AvgIpc) is 3.11. The Morgan fingerprint density at radius 1 is 1.30 bits per heavy atom. The number of halogens is 2. The summed E-state index contributed by atoms with van der Waals surface area (Å²) in [7, 11) is 0. The molecule has 0 saturated carbocycles. The maximum Gasteiger partial charge on any atom is 0.251 e. The Labute approximate surface area is 182 Å². The van der Waals surface area contributed by atoms with Gasteiger partial charge in [-0.25, -0.2) is 9.37 Å². The van der Waals surface area contributed by atoms with E-state index in [1.54, 1.807) is 25.3 Å². The van der Waals surface area contributed by atoms with Gasteiger partial charge in [0, 0.05) is 28.4 Å². The van der Waals surface area contributed by atoms with E-state index >= 15 is 0 Å². The van der Waals surface area contributed by atoms with Crippen LogP contribution in [0, 0.1) is 12.7 Å². The fourth-order valence-electron chi connectivity index (χ4n) is 2.98. The van der Waals surface area contributed by atoms with Gasteiger partial charge in [0.15, 0.2) is 0 Å². The number of nitrogens with one attached hydrogen (secondary N) is 1. The zero-order valence-electron chi connectivity index (χ0n) is 16.3. The van der Waals surface area contributed by atoms with E-state index in [-0.39, 0.29) is 22.7 Å². The van der Waals surface area contributed by atoms with Crippen molar-refractivity contribution >= 4 is 28.8 Å². The summed E-state index contributed by atoms with van der Waals surface area (Å²) in [4.78, 5) is 22.4. The van der Waals surface area contributed by atoms with Gasteiger partial charge in [0.25, 0.3) is 5.91 Å². The van der Waals surface area contributed by atoms with Crippen molar-refractivity contribution in [2.75, 3.05) is 13.2 Å². The molecule has 1 N–H and O–H groups in total. The molecule has 2 aromatic heterocycles. The van der Waals surface area contributed by atoms with Crippen LogP contribution in [0.2, 0.25) is 5.02 Å². The van der Waals surface area contributed by atoms with Crippen molar-refractivity contribution in [3.63, 3.8) is 0 Å². The first-order valence-electron chi connectivity index (χ1n) is 9.33. The Morgan fingerprint density at radius 2 is 2.10 bits per heavy atom. The van der Waals surface area contributed by atoms with Gasteiger partial charge in [0.2, 0.25) is 0 Å². The zero-order chi connectivity index (χ0) is 21.3. The van der Waals surface area contributed by atoms with Gasteiger partial charge in [-0.1, -0.05) is 11.6 Å². The van der Waals surface area contributed by atoms with Crippen molar-refractivity contribution in [3.8, 4) is 16.3 Å². The number of carbonyl (C=O) groups excluding carboxylic acids is 1. The SMILES string of the molecule is Cc1cnc(-c2cc(OC3COC3)cc(C(=O)N[C@H](C)c3ncc(Cl)cc3F)c2)s1. The van der Waals surface area contributed by atoms with Crippen molar-refractivity contribution in [2.24, 2.45) is 0 Å². The van der Waals surface area contributed by atoms with Crippen LogP contribution >= 0.6 is 22.9 Å². The number of benzene rings is 1. The highest BCUT2D eigenvalue weighted by atomic mass is 35.5. The molecule has 0 radical (unpaired) electrons. The molecule has 1 aromatic carbocycles. The molecule has 1 amide bonds. The van der Waals surface area contributed by atoms with Crippen molar-refractivity contribution < 1.29 is 18.7 Å². The Balaban J connectivity index is 1.60. The standard InChI is InChI=1S/C21H19ClFN3O3S/c1-11-7-25-21(30-11)14-3-13(4-16(5-14)29-17-9-28-10-17)20(27)26-12(2)19-18(23)6-15(22)8-24-19/h3-8,12,17H,9-10H2,1-2H3,(H,26,27)/t12-/m1/s1. The van der Waals surface area contributed by atoms with Crippen LogP contribution in [0.5, 0.6) is 5.75 Å². The van der Waals surface area contributed by atoms with Gasteiger partial charge in [-0.3, -0.25) is 9.78 Å². The minimum atomic E-state index is -0.648. The van der Waals surface area contributed by atoms with E-state index in [0.29, 0.717) is 24.5 Å². The number of ether oxygens (including phenoxy) is 2. The van der Waals surface area contributed by atoms with E-state index in [4.69, 9.17) is 21.1 Å². The summed E-state index contributed by atoms with van der Waals surface area (Å²) in [5.41, 5.74) is 1.28. The van der Waals surface area contributed by atoms with Crippen LogP contribution in [0.4, 0.5) is 4.39 Å². The second-order valence-corrected chi connectivity index (χ2v) is 8.69. The largest absolute Gasteiger partial charge is 0.486 e. The lowest BCUT2D eigenvalue weighted by Crippen LogP contribution is -2.38. The summed E-state index contributed by atoms with van der Waals surface area (Å²) in [5, 5.41) is 3.77. The quantitative estimate of drug-likeness (QED) is 0.599. The first kappa shape index (κ1) is 20.7. The lowest BCUT2D eigenvalue weighted by Gasteiger charge is -2.27. The predicted molar refractivity (Wildman–Crippen MR) is 113 cm³/mol. The summed E-state index contributed by atoms with van der Waals surface area (Å²) in [6.45, 7) is 4.66. The fourth-order valence-corrected chi connectivity index (χ4v) is 3.87. The molecule has 30 heavy (non-hydrogen) atoms. The molecule has 1 fully saturated rings. The van der Waals surface area contributed by atoms with Crippen LogP contribution in [0.25, 0.3) is 10.6 Å². The molecule has 3 aromatic rings. The number of thiazole rings is 1. The molecule has 156 valence electrons. The summed E-state index contributed by atoms with van der Waals surface area (Å²) in [5.74, 6) is -0.387. The molecule has 0 bridgehead atoms. The highest BCUT2D eigenvalue weighted by molar-refractivity contribution is 7.14. The molecule has 0 aliphatic carbocycles. The van der Waals surface area contributed by atoms with Crippen molar-refractivity contribution in [3.05, 3.63) is 63.6 Å². The molecular formula is C21H19ClFN3O3S. The molecule has 0 unspecified atom stereocenters. The molecule has 6 nitrogen and oxygen atoms in total. The van der Waals surface area contributed by atoms with Crippen LogP contribution in [0.1, 0.15) is 33.9 Å². The normalized spacial score (nSPS) is 14.8.